The lowest BCUT2D eigenvalue weighted by Gasteiger charge is -2.20. The van der Waals surface area contributed by atoms with Gasteiger partial charge in [0.1, 0.15) is 0 Å². The number of hydrogen-bond donors (Lipinski definition) is 3. The van der Waals surface area contributed by atoms with Crippen molar-refractivity contribution in [1.82, 2.24) is 5.32 Å². The Kier molecular flexibility index (Phi) is 51.4. The van der Waals surface area contributed by atoms with Crippen LogP contribution in [-0.2, 0) is 4.79 Å². The Labute approximate surface area is 392 Å². The van der Waals surface area contributed by atoms with Crippen molar-refractivity contribution < 1.29 is 15.0 Å². The topological polar surface area (TPSA) is 69.6 Å². The van der Waals surface area contributed by atoms with Crippen LogP contribution in [0.5, 0.6) is 0 Å². The van der Waals surface area contributed by atoms with Gasteiger partial charge in [-0.1, -0.05) is 265 Å². The summed E-state index contributed by atoms with van der Waals surface area (Å²) in [7, 11) is 0. The van der Waals surface area contributed by atoms with Gasteiger partial charge in [0.2, 0.25) is 5.91 Å². The van der Waals surface area contributed by atoms with E-state index in [1.54, 1.807) is 6.08 Å². The number of aliphatic hydroxyl groups is 2. The number of unbranched alkanes of at least 4 members (excludes halogenated alkanes) is 27. The molecule has 2 atom stereocenters. The zero-order valence-corrected chi connectivity index (χ0v) is 41.6. The molecular weight excluding hydrogens is 771 g/mol. The van der Waals surface area contributed by atoms with Crippen molar-refractivity contribution in [2.24, 2.45) is 0 Å². The SMILES string of the molecule is CC/C=C\C/C=C\C/C=C\C/C=C\C/C=C\C/C=C\C/C=C\CCCCCCCC(=O)NC(CO)C(O)/C=C/CCCCCCCCCCCCCCCCCCCCCCCC. The largest absolute Gasteiger partial charge is 0.394 e. The molecule has 0 fully saturated rings. The van der Waals surface area contributed by atoms with E-state index in [-0.39, 0.29) is 12.5 Å². The molecule has 0 radical (unpaired) electrons. The summed E-state index contributed by atoms with van der Waals surface area (Å²) in [6.45, 7) is 4.20. The Bertz CT molecular complexity index is 1170. The number of aliphatic hydroxyl groups excluding tert-OH is 2. The first-order valence-electron chi connectivity index (χ1n) is 27.0. The van der Waals surface area contributed by atoms with Crippen molar-refractivity contribution in [3.8, 4) is 0 Å². The van der Waals surface area contributed by atoms with Gasteiger partial charge in [-0.3, -0.25) is 4.79 Å². The molecule has 3 N–H and O–H groups in total. The maximum Gasteiger partial charge on any atom is 0.220 e. The van der Waals surface area contributed by atoms with Gasteiger partial charge in [-0.05, 0) is 77.0 Å². The van der Waals surface area contributed by atoms with Crippen LogP contribution in [0.3, 0.4) is 0 Å². The average Bonchev–Trinajstić information content (AvgIpc) is 3.29. The molecule has 2 unspecified atom stereocenters. The molecule has 0 aromatic carbocycles. The summed E-state index contributed by atoms with van der Waals surface area (Å²) < 4.78 is 0. The van der Waals surface area contributed by atoms with Crippen LogP contribution in [0, 0.1) is 0 Å². The highest BCUT2D eigenvalue weighted by molar-refractivity contribution is 5.76. The molecule has 0 spiro atoms. The number of carbonyl (C=O) groups is 1. The van der Waals surface area contributed by atoms with Crippen LogP contribution in [0.25, 0.3) is 0 Å². The highest BCUT2D eigenvalue weighted by Crippen LogP contribution is 2.16. The summed E-state index contributed by atoms with van der Waals surface area (Å²) in [6, 6.07) is -0.641. The normalized spacial score (nSPS) is 13.7. The number of amides is 1. The minimum absolute atomic E-state index is 0.0848. The first kappa shape index (κ1) is 60.3. The lowest BCUT2D eigenvalue weighted by Crippen LogP contribution is -2.45. The fourth-order valence-electron chi connectivity index (χ4n) is 7.75. The smallest absolute Gasteiger partial charge is 0.220 e. The molecule has 4 nitrogen and oxygen atoms in total. The Morgan fingerprint density at radius 2 is 0.698 bits per heavy atom. The highest BCUT2D eigenvalue weighted by Gasteiger charge is 2.18. The van der Waals surface area contributed by atoms with E-state index >= 15 is 0 Å². The molecule has 0 rings (SSSR count). The van der Waals surface area contributed by atoms with Gasteiger partial charge in [0.05, 0.1) is 18.8 Å². The second kappa shape index (κ2) is 53.6. The summed E-state index contributed by atoms with van der Waals surface area (Å²) in [6.07, 6.45) is 79.8. The number of carbonyl (C=O) groups excluding carboxylic acids is 1. The van der Waals surface area contributed by atoms with Gasteiger partial charge in [-0.25, -0.2) is 0 Å². The molecule has 362 valence electrons. The van der Waals surface area contributed by atoms with Crippen LogP contribution in [0.2, 0.25) is 0 Å². The molecule has 0 bridgehead atoms. The maximum absolute atomic E-state index is 12.5. The fourth-order valence-corrected chi connectivity index (χ4v) is 7.75. The predicted molar refractivity (Wildman–Crippen MR) is 280 cm³/mol. The third-order valence-electron chi connectivity index (χ3n) is 11.8. The Balaban J connectivity index is 3.62. The van der Waals surface area contributed by atoms with Crippen LogP contribution < -0.4 is 5.32 Å². The zero-order chi connectivity index (χ0) is 45.6. The number of nitrogens with one attached hydrogen (secondary N) is 1. The molecule has 0 aromatic heterocycles. The summed E-state index contributed by atoms with van der Waals surface area (Å²) in [4.78, 5) is 12.5. The van der Waals surface area contributed by atoms with Gasteiger partial charge in [0.25, 0.3) is 0 Å². The van der Waals surface area contributed by atoms with Crippen LogP contribution in [-0.4, -0.2) is 34.9 Å². The molecular formula is C59H103NO3. The van der Waals surface area contributed by atoms with Crippen molar-refractivity contribution in [2.45, 2.75) is 264 Å². The number of rotatable bonds is 48. The van der Waals surface area contributed by atoms with Crippen LogP contribution in [0.1, 0.15) is 251 Å². The first-order valence-corrected chi connectivity index (χ1v) is 27.0. The van der Waals surface area contributed by atoms with Crippen LogP contribution in [0.4, 0.5) is 0 Å². The molecule has 0 aliphatic carbocycles. The van der Waals surface area contributed by atoms with Crippen molar-refractivity contribution in [1.29, 1.82) is 0 Å². The molecule has 0 aliphatic rings. The van der Waals surface area contributed by atoms with Gasteiger partial charge in [-0.2, -0.15) is 0 Å². The van der Waals surface area contributed by atoms with Crippen molar-refractivity contribution >= 4 is 5.91 Å². The molecule has 4 heteroatoms. The number of allylic oxidation sites excluding steroid dienone is 15. The maximum atomic E-state index is 12.5. The molecule has 63 heavy (non-hydrogen) atoms. The third kappa shape index (κ3) is 50.2. The van der Waals surface area contributed by atoms with Gasteiger partial charge in [0, 0.05) is 6.42 Å². The summed E-state index contributed by atoms with van der Waals surface area (Å²) >= 11 is 0. The monoisotopic (exact) mass is 874 g/mol. The van der Waals surface area contributed by atoms with Gasteiger partial charge >= 0.3 is 0 Å². The van der Waals surface area contributed by atoms with E-state index < -0.39 is 12.1 Å². The summed E-state index contributed by atoms with van der Waals surface area (Å²) in [5, 5.41) is 23.1. The zero-order valence-electron chi connectivity index (χ0n) is 41.6. The van der Waals surface area contributed by atoms with Gasteiger partial charge in [-0.15, -0.1) is 0 Å². The summed E-state index contributed by atoms with van der Waals surface area (Å²) in [5.41, 5.74) is 0. The standard InChI is InChI=1S/C59H103NO3/c1-3-5-7-9-11-13-15-17-19-21-23-25-27-29-30-31-33-35-37-39-41-43-45-47-49-51-53-55-59(63)60-57(56-61)58(62)54-52-50-48-46-44-42-40-38-36-34-32-28-26-24-22-20-18-16-14-12-10-8-6-4-2/h5,7,11,13,17,19,23,25,29-30,33,35,39,41,52,54,57-58,61-62H,3-4,6,8-10,12,14-16,18,20-22,24,26-28,31-32,34,36-38,40,42-51,53,55-56H2,1-2H3,(H,60,63)/b7-5-,13-11-,19-17-,25-23-,30-29-,35-33-,41-39-,54-52+. The Morgan fingerprint density at radius 3 is 1.05 bits per heavy atom. The van der Waals surface area contributed by atoms with Crippen molar-refractivity contribution in [3.05, 3.63) is 97.2 Å². The predicted octanol–water partition coefficient (Wildman–Crippen LogP) is 17.7. The second-order valence-corrected chi connectivity index (χ2v) is 17.9. The average molecular weight is 874 g/mol. The first-order chi connectivity index (χ1) is 31.2. The second-order valence-electron chi connectivity index (χ2n) is 17.9. The van der Waals surface area contributed by atoms with E-state index in [0.717, 1.165) is 83.5 Å². The van der Waals surface area contributed by atoms with E-state index in [4.69, 9.17) is 0 Å². The number of hydrogen-bond acceptors (Lipinski definition) is 3. The van der Waals surface area contributed by atoms with Gasteiger partial charge < -0.3 is 15.5 Å². The minimum Gasteiger partial charge on any atom is -0.394 e. The lowest BCUT2D eigenvalue weighted by molar-refractivity contribution is -0.123. The minimum atomic E-state index is -0.855. The highest BCUT2D eigenvalue weighted by atomic mass is 16.3. The molecule has 0 heterocycles. The quantitative estimate of drug-likeness (QED) is 0.0421. The van der Waals surface area contributed by atoms with Gasteiger partial charge in [0.15, 0.2) is 0 Å². The summed E-state index contributed by atoms with van der Waals surface area (Å²) in [5.74, 6) is -0.0848. The molecule has 1 amide bonds. The third-order valence-corrected chi connectivity index (χ3v) is 11.8. The van der Waals surface area contributed by atoms with E-state index in [9.17, 15) is 15.0 Å². The molecule has 0 aromatic rings. The Morgan fingerprint density at radius 1 is 0.397 bits per heavy atom. The molecule has 0 aliphatic heterocycles. The fraction of sp³-hybridized carbons (Fsp3) is 0.712. The van der Waals surface area contributed by atoms with E-state index in [0.29, 0.717) is 6.42 Å². The Hall–Kier alpha value is -2.69. The van der Waals surface area contributed by atoms with E-state index in [2.05, 4.69) is 104 Å². The lowest BCUT2D eigenvalue weighted by atomic mass is 10.0. The molecule has 0 saturated carbocycles. The molecule has 0 saturated heterocycles. The van der Waals surface area contributed by atoms with Crippen molar-refractivity contribution in [2.75, 3.05) is 6.61 Å². The van der Waals surface area contributed by atoms with Crippen LogP contribution >= 0.6 is 0 Å². The van der Waals surface area contributed by atoms with E-state index in [1.165, 1.54) is 148 Å². The van der Waals surface area contributed by atoms with Crippen LogP contribution in [0.15, 0.2) is 97.2 Å². The van der Waals surface area contributed by atoms with Crippen molar-refractivity contribution in [3.63, 3.8) is 0 Å². The van der Waals surface area contributed by atoms with E-state index in [1.807, 2.05) is 6.08 Å².